The van der Waals surface area contributed by atoms with Crippen LogP contribution in [0.2, 0.25) is 5.15 Å². The lowest BCUT2D eigenvalue weighted by atomic mass is 10.2. The number of hydrazone groups is 1. The van der Waals surface area contributed by atoms with Gasteiger partial charge in [-0.2, -0.15) is 5.10 Å². The zero-order chi connectivity index (χ0) is 17.6. The van der Waals surface area contributed by atoms with E-state index in [-0.39, 0.29) is 10.8 Å². The van der Waals surface area contributed by atoms with Crippen LogP contribution in [0.1, 0.15) is 5.56 Å². The average Bonchev–Trinajstić information content (AvgIpc) is 2.62. The van der Waals surface area contributed by atoms with E-state index in [1.807, 2.05) is 30.3 Å². The first-order valence-corrected chi connectivity index (χ1v) is 7.64. The highest BCUT2D eigenvalue weighted by atomic mass is 35.5. The van der Waals surface area contributed by atoms with Gasteiger partial charge in [-0.1, -0.05) is 54.1 Å². The molecule has 2 aromatic carbocycles. The van der Waals surface area contributed by atoms with E-state index in [1.165, 1.54) is 18.3 Å². The minimum absolute atomic E-state index is 0.0289. The summed E-state index contributed by atoms with van der Waals surface area (Å²) in [5.41, 5.74) is 3.89. The number of para-hydroxylation sites is 1. The number of nitrogens with zero attached hydrogens (tertiary/aromatic N) is 4. The monoisotopic (exact) mass is 353 g/mol. The highest BCUT2D eigenvalue weighted by Crippen LogP contribution is 2.20. The summed E-state index contributed by atoms with van der Waals surface area (Å²) in [4.78, 5) is 19.0. The number of rotatable bonds is 5. The van der Waals surface area contributed by atoms with Crippen LogP contribution in [-0.4, -0.2) is 21.1 Å². The molecule has 3 aromatic rings. The molecular formula is C17H12ClN5O2. The number of benzene rings is 2. The molecule has 0 amide bonds. The first kappa shape index (κ1) is 16.5. The van der Waals surface area contributed by atoms with Crippen molar-refractivity contribution in [2.45, 2.75) is 0 Å². The van der Waals surface area contributed by atoms with Crippen LogP contribution in [-0.2, 0) is 0 Å². The van der Waals surface area contributed by atoms with Gasteiger partial charge in [0.25, 0.3) is 5.69 Å². The lowest BCUT2D eigenvalue weighted by Gasteiger charge is -2.04. The maximum Gasteiger partial charge on any atom is 0.278 e. The molecule has 0 bridgehead atoms. The molecule has 3 rings (SSSR count). The molecular weight excluding hydrogens is 342 g/mol. The van der Waals surface area contributed by atoms with Crippen molar-refractivity contribution in [2.24, 2.45) is 5.10 Å². The molecule has 0 saturated heterocycles. The largest absolute Gasteiger partial charge is 0.278 e. The number of hydrogen-bond donors (Lipinski definition) is 1. The molecule has 0 saturated carbocycles. The molecule has 0 unspecified atom stereocenters. The van der Waals surface area contributed by atoms with Gasteiger partial charge in [0.05, 0.1) is 16.7 Å². The zero-order valence-corrected chi connectivity index (χ0v) is 13.6. The number of nitrogens with one attached hydrogen (secondary N) is 1. The summed E-state index contributed by atoms with van der Waals surface area (Å²) in [5.74, 6) is 0.838. The van der Waals surface area contributed by atoms with E-state index in [0.717, 1.165) is 5.56 Å². The van der Waals surface area contributed by atoms with Crippen LogP contribution >= 0.6 is 11.6 Å². The third kappa shape index (κ3) is 4.15. The highest BCUT2D eigenvalue weighted by molar-refractivity contribution is 6.29. The average molecular weight is 354 g/mol. The van der Waals surface area contributed by atoms with E-state index in [4.69, 9.17) is 11.6 Å². The predicted octanol–water partition coefficient (Wildman–Crippen LogP) is 4.15. The summed E-state index contributed by atoms with van der Waals surface area (Å²) < 4.78 is 0. The fourth-order valence-corrected chi connectivity index (χ4v) is 2.31. The molecule has 1 aromatic heterocycles. The molecule has 0 atom stereocenters. The maximum atomic E-state index is 11.0. The van der Waals surface area contributed by atoms with Crippen molar-refractivity contribution >= 4 is 29.3 Å². The van der Waals surface area contributed by atoms with Gasteiger partial charge in [0.2, 0.25) is 0 Å². The highest BCUT2D eigenvalue weighted by Gasteiger charge is 2.10. The maximum absolute atomic E-state index is 11.0. The van der Waals surface area contributed by atoms with Gasteiger partial charge in [0, 0.05) is 17.7 Å². The second kappa shape index (κ2) is 7.50. The molecule has 0 aliphatic heterocycles. The van der Waals surface area contributed by atoms with Gasteiger partial charge in [0.15, 0.2) is 11.6 Å². The third-order valence-electron chi connectivity index (χ3n) is 3.24. The third-order valence-corrected chi connectivity index (χ3v) is 3.44. The van der Waals surface area contributed by atoms with Crippen molar-refractivity contribution in [3.63, 3.8) is 0 Å². The molecule has 25 heavy (non-hydrogen) atoms. The van der Waals surface area contributed by atoms with Crippen molar-refractivity contribution in [3.05, 3.63) is 81.5 Å². The number of hydrogen-bond acceptors (Lipinski definition) is 6. The molecule has 7 nitrogen and oxygen atoms in total. The van der Waals surface area contributed by atoms with Gasteiger partial charge < -0.3 is 0 Å². The zero-order valence-electron chi connectivity index (χ0n) is 12.8. The number of nitro benzene ring substituents is 1. The normalized spacial score (nSPS) is 10.8. The Labute approximate surface area is 148 Å². The van der Waals surface area contributed by atoms with Crippen LogP contribution in [0.4, 0.5) is 11.5 Å². The fraction of sp³-hybridized carbons (Fsp3) is 0. The van der Waals surface area contributed by atoms with E-state index in [9.17, 15) is 10.1 Å². The summed E-state index contributed by atoms with van der Waals surface area (Å²) in [5, 5.41) is 15.3. The van der Waals surface area contributed by atoms with Crippen LogP contribution in [0.25, 0.3) is 11.4 Å². The summed E-state index contributed by atoms with van der Waals surface area (Å²) in [6.45, 7) is 0. The SMILES string of the molecule is O=[N+]([O-])c1ccccc1/C=N\Nc1cc(Cl)nc(-c2ccccc2)n1. The number of nitro groups is 1. The van der Waals surface area contributed by atoms with Crippen LogP contribution in [0.15, 0.2) is 65.8 Å². The smallest absolute Gasteiger partial charge is 0.261 e. The van der Waals surface area contributed by atoms with Gasteiger partial charge in [-0.25, -0.2) is 9.97 Å². The summed E-state index contributed by atoms with van der Waals surface area (Å²) in [6.07, 6.45) is 1.36. The van der Waals surface area contributed by atoms with Gasteiger partial charge in [-0.15, -0.1) is 0 Å². The number of anilines is 1. The molecule has 8 heteroatoms. The van der Waals surface area contributed by atoms with E-state index in [2.05, 4.69) is 20.5 Å². The Kier molecular flexibility index (Phi) is 4.96. The number of aromatic nitrogens is 2. The molecule has 0 radical (unpaired) electrons. The van der Waals surface area contributed by atoms with Crippen molar-refractivity contribution < 1.29 is 4.92 Å². The Bertz CT molecular complexity index is 931. The van der Waals surface area contributed by atoms with Gasteiger partial charge in [-0.05, 0) is 6.07 Å². The van der Waals surface area contributed by atoms with Crippen molar-refractivity contribution in [1.82, 2.24) is 9.97 Å². The second-order valence-electron chi connectivity index (χ2n) is 4.95. The first-order chi connectivity index (χ1) is 12.1. The lowest BCUT2D eigenvalue weighted by molar-refractivity contribution is -0.385. The summed E-state index contributed by atoms with van der Waals surface area (Å²) in [7, 11) is 0. The van der Waals surface area contributed by atoms with Gasteiger partial charge in [0.1, 0.15) is 5.15 Å². The molecule has 0 spiro atoms. The molecule has 1 heterocycles. The van der Waals surface area contributed by atoms with E-state index in [0.29, 0.717) is 17.2 Å². The van der Waals surface area contributed by atoms with Crippen LogP contribution in [0.5, 0.6) is 0 Å². The van der Waals surface area contributed by atoms with Gasteiger partial charge >= 0.3 is 0 Å². The topological polar surface area (TPSA) is 93.3 Å². The van der Waals surface area contributed by atoms with Crippen molar-refractivity contribution in [2.75, 3.05) is 5.43 Å². The Morgan fingerprint density at radius 1 is 1.08 bits per heavy atom. The van der Waals surface area contributed by atoms with Crippen molar-refractivity contribution in [1.29, 1.82) is 0 Å². The van der Waals surface area contributed by atoms with Crippen LogP contribution < -0.4 is 5.43 Å². The molecule has 0 aliphatic carbocycles. The molecule has 1 N–H and O–H groups in total. The summed E-state index contributed by atoms with van der Waals surface area (Å²) >= 11 is 6.03. The van der Waals surface area contributed by atoms with Crippen molar-refractivity contribution in [3.8, 4) is 11.4 Å². The Balaban J connectivity index is 1.82. The minimum Gasteiger partial charge on any atom is -0.261 e. The van der Waals surface area contributed by atoms with Gasteiger partial charge in [-0.3, -0.25) is 15.5 Å². The standard InChI is InChI=1S/C17H12ClN5O2/c18-15-10-16(21-17(20-15)12-6-2-1-3-7-12)22-19-11-13-8-4-5-9-14(13)23(24)25/h1-11H,(H,20,21,22)/b19-11-. The second-order valence-corrected chi connectivity index (χ2v) is 5.34. The minimum atomic E-state index is -0.462. The predicted molar refractivity (Wildman–Crippen MR) is 96.8 cm³/mol. The molecule has 0 fully saturated rings. The molecule has 124 valence electrons. The molecule has 0 aliphatic rings. The summed E-state index contributed by atoms with van der Waals surface area (Å²) in [6, 6.07) is 17.2. The van der Waals surface area contributed by atoms with Crippen LogP contribution in [0, 0.1) is 10.1 Å². The fourth-order valence-electron chi connectivity index (χ4n) is 2.12. The van der Waals surface area contributed by atoms with Crippen LogP contribution in [0.3, 0.4) is 0 Å². The van der Waals surface area contributed by atoms with E-state index in [1.54, 1.807) is 18.2 Å². The Morgan fingerprint density at radius 2 is 1.80 bits per heavy atom. The first-order valence-electron chi connectivity index (χ1n) is 7.26. The van der Waals surface area contributed by atoms with E-state index >= 15 is 0 Å². The quantitative estimate of drug-likeness (QED) is 0.322. The lowest BCUT2D eigenvalue weighted by Crippen LogP contribution is -1.99. The Morgan fingerprint density at radius 3 is 2.56 bits per heavy atom. The number of halogens is 1. The van der Waals surface area contributed by atoms with E-state index < -0.39 is 4.92 Å². The Hall–Kier alpha value is -3.32.